The van der Waals surface area contributed by atoms with Crippen LogP contribution >= 0.6 is 0 Å². The molecule has 1 rings (SSSR count). The minimum atomic E-state index is -1.10. The van der Waals surface area contributed by atoms with Crippen molar-refractivity contribution in [3.05, 3.63) is 29.7 Å². The van der Waals surface area contributed by atoms with Crippen LogP contribution in [0.1, 0.15) is 19.1 Å². The van der Waals surface area contributed by atoms with Crippen molar-refractivity contribution >= 4 is 17.8 Å². The van der Waals surface area contributed by atoms with Gasteiger partial charge in [-0.2, -0.15) is 0 Å². The fourth-order valence-electron chi connectivity index (χ4n) is 1.00. The lowest BCUT2D eigenvalue weighted by atomic mass is 10.1. The lowest BCUT2D eigenvalue weighted by molar-refractivity contribution is -0.133. The molecule has 0 unspecified atom stereocenters. The zero-order valence-corrected chi connectivity index (χ0v) is 7.69. The number of carboxylic acids is 1. The molecule has 0 saturated heterocycles. The molecule has 1 aromatic rings. The van der Waals surface area contributed by atoms with Crippen LogP contribution in [0.5, 0.6) is 0 Å². The highest BCUT2D eigenvalue weighted by atomic mass is 16.4. The average Bonchev–Trinajstić information content (AvgIpc) is 2.54. The highest BCUT2D eigenvalue weighted by Gasteiger charge is 2.10. The molecule has 0 radical (unpaired) electrons. The molecule has 0 saturated carbocycles. The highest BCUT2D eigenvalue weighted by Crippen LogP contribution is 2.11. The number of carbonyl (C=O) groups is 2. The summed E-state index contributed by atoms with van der Waals surface area (Å²) in [6, 6.07) is 3.28. The molecule has 14 heavy (non-hydrogen) atoms. The number of ketones is 1. The van der Waals surface area contributed by atoms with E-state index in [0.29, 0.717) is 5.76 Å². The Hall–Kier alpha value is -1.84. The van der Waals surface area contributed by atoms with Gasteiger partial charge in [0.25, 0.3) is 0 Å². The fourth-order valence-corrected chi connectivity index (χ4v) is 1.00. The molecular weight excluding hydrogens is 184 g/mol. The molecule has 4 heteroatoms. The van der Waals surface area contributed by atoms with E-state index >= 15 is 0 Å². The minimum Gasteiger partial charge on any atom is -0.478 e. The predicted molar refractivity (Wildman–Crippen MR) is 49.6 cm³/mol. The normalized spacial score (nSPS) is 11.4. The summed E-state index contributed by atoms with van der Waals surface area (Å²) < 4.78 is 4.94. The Labute approximate surface area is 80.8 Å². The number of Topliss-reactive ketones (excluding diaryl/α,β-unsaturated/α-hetero) is 1. The number of hydrogen-bond acceptors (Lipinski definition) is 3. The summed E-state index contributed by atoms with van der Waals surface area (Å²) in [5.41, 5.74) is 0.0347. The fraction of sp³-hybridized carbons (Fsp3) is 0.200. The van der Waals surface area contributed by atoms with Crippen LogP contribution in [0.15, 0.2) is 28.4 Å². The van der Waals surface area contributed by atoms with E-state index in [1.807, 2.05) is 0 Å². The van der Waals surface area contributed by atoms with Crippen molar-refractivity contribution < 1.29 is 19.1 Å². The van der Waals surface area contributed by atoms with Gasteiger partial charge >= 0.3 is 5.97 Å². The van der Waals surface area contributed by atoms with Crippen LogP contribution in [-0.2, 0) is 9.59 Å². The Morgan fingerprint density at radius 2 is 2.29 bits per heavy atom. The smallest absolute Gasteiger partial charge is 0.332 e. The SMILES string of the molecule is CC(=O)CC(=Cc1ccco1)C(=O)O. The first-order chi connectivity index (χ1) is 6.59. The molecule has 0 aliphatic carbocycles. The van der Waals surface area contributed by atoms with Crippen LogP contribution < -0.4 is 0 Å². The van der Waals surface area contributed by atoms with Gasteiger partial charge in [-0.25, -0.2) is 4.79 Å². The molecule has 0 atom stereocenters. The van der Waals surface area contributed by atoms with E-state index in [4.69, 9.17) is 9.52 Å². The molecule has 0 amide bonds. The van der Waals surface area contributed by atoms with E-state index < -0.39 is 5.97 Å². The first-order valence-electron chi connectivity index (χ1n) is 4.06. The Morgan fingerprint density at radius 3 is 2.71 bits per heavy atom. The monoisotopic (exact) mass is 194 g/mol. The Balaban J connectivity index is 2.88. The van der Waals surface area contributed by atoms with E-state index in [1.165, 1.54) is 19.3 Å². The average molecular weight is 194 g/mol. The van der Waals surface area contributed by atoms with Crippen LogP contribution in [0.25, 0.3) is 6.08 Å². The molecule has 0 bridgehead atoms. The van der Waals surface area contributed by atoms with Gasteiger partial charge in [0.15, 0.2) is 0 Å². The van der Waals surface area contributed by atoms with Gasteiger partial charge in [0.2, 0.25) is 0 Å². The maximum atomic E-state index is 10.8. The molecule has 1 heterocycles. The second kappa shape index (κ2) is 4.41. The summed E-state index contributed by atoms with van der Waals surface area (Å²) in [5.74, 6) is -0.856. The minimum absolute atomic E-state index is 0.0347. The van der Waals surface area contributed by atoms with Gasteiger partial charge in [-0.3, -0.25) is 4.79 Å². The van der Waals surface area contributed by atoms with Crippen LogP contribution in [-0.4, -0.2) is 16.9 Å². The summed E-state index contributed by atoms with van der Waals surface area (Å²) in [6.45, 7) is 1.35. The van der Waals surface area contributed by atoms with Crippen molar-refractivity contribution in [1.29, 1.82) is 0 Å². The van der Waals surface area contributed by atoms with Gasteiger partial charge < -0.3 is 9.52 Å². The van der Waals surface area contributed by atoms with Crippen LogP contribution in [0.3, 0.4) is 0 Å². The van der Waals surface area contributed by atoms with Crippen molar-refractivity contribution in [3.8, 4) is 0 Å². The lowest BCUT2D eigenvalue weighted by Gasteiger charge is -1.97. The van der Waals surface area contributed by atoms with Gasteiger partial charge in [0.05, 0.1) is 6.26 Å². The number of furan rings is 1. The van der Waals surface area contributed by atoms with Gasteiger partial charge in [-0.1, -0.05) is 0 Å². The zero-order chi connectivity index (χ0) is 10.6. The number of aliphatic carboxylic acids is 1. The van der Waals surface area contributed by atoms with Crippen molar-refractivity contribution in [3.63, 3.8) is 0 Å². The summed E-state index contributed by atoms with van der Waals surface area (Å²) in [7, 11) is 0. The largest absolute Gasteiger partial charge is 0.478 e. The molecule has 1 aromatic heterocycles. The molecule has 1 N–H and O–H groups in total. The van der Waals surface area contributed by atoms with E-state index in [0.717, 1.165) is 0 Å². The van der Waals surface area contributed by atoms with E-state index in [-0.39, 0.29) is 17.8 Å². The molecule has 0 aliphatic heterocycles. The number of carboxylic acid groups (broad SMARTS) is 1. The topological polar surface area (TPSA) is 67.5 Å². The summed E-state index contributed by atoms with van der Waals surface area (Å²) in [4.78, 5) is 21.5. The third kappa shape index (κ3) is 2.90. The molecule has 0 fully saturated rings. The number of carbonyl (C=O) groups excluding carboxylic acids is 1. The Morgan fingerprint density at radius 1 is 1.57 bits per heavy atom. The molecule has 0 spiro atoms. The van der Waals surface area contributed by atoms with Crippen LogP contribution in [0.4, 0.5) is 0 Å². The third-order valence-electron chi connectivity index (χ3n) is 1.57. The van der Waals surface area contributed by atoms with Gasteiger partial charge in [-0.05, 0) is 25.1 Å². The van der Waals surface area contributed by atoms with Crippen molar-refractivity contribution in [1.82, 2.24) is 0 Å². The molecule has 0 aromatic carbocycles. The second-order valence-corrected chi connectivity index (χ2v) is 2.87. The summed E-state index contributed by atoms with van der Waals surface area (Å²) in [5, 5.41) is 8.76. The highest BCUT2D eigenvalue weighted by molar-refractivity contribution is 5.97. The molecule has 0 aliphatic rings. The van der Waals surface area contributed by atoms with Gasteiger partial charge in [0.1, 0.15) is 11.5 Å². The number of hydrogen-bond donors (Lipinski definition) is 1. The molecule has 74 valence electrons. The predicted octanol–water partition coefficient (Wildman–Crippen LogP) is 1.73. The van der Waals surface area contributed by atoms with Gasteiger partial charge in [-0.15, -0.1) is 0 Å². The van der Waals surface area contributed by atoms with E-state index in [1.54, 1.807) is 12.1 Å². The standard InChI is InChI=1S/C10H10O4/c1-7(11)5-8(10(12)13)6-9-3-2-4-14-9/h2-4,6H,5H2,1H3,(H,12,13). The molecule has 4 nitrogen and oxygen atoms in total. The third-order valence-corrected chi connectivity index (χ3v) is 1.57. The first kappa shape index (κ1) is 10.2. The number of rotatable bonds is 4. The quantitative estimate of drug-likeness (QED) is 0.741. The van der Waals surface area contributed by atoms with E-state index in [9.17, 15) is 9.59 Å². The van der Waals surface area contributed by atoms with Crippen molar-refractivity contribution in [2.24, 2.45) is 0 Å². The van der Waals surface area contributed by atoms with Crippen molar-refractivity contribution in [2.75, 3.05) is 0 Å². The van der Waals surface area contributed by atoms with Gasteiger partial charge in [0, 0.05) is 12.0 Å². The van der Waals surface area contributed by atoms with Crippen LogP contribution in [0.2, 0.25) is 0 Å². The maximum Gasteiger partial charge on any atom is 0.332 e. The Bertz CT molecular complexity index is 359. The van der Waals surface area contributed by atoms with Crippen molar-refractivity contribution in [2.45, 2.75) is 13.3 Å². The first-order valence-corrected chi connectivity index (χ1v) is 4.06. The van der Waals surface area contributed by atoms with E-state index in [2.05, 4.69) is 0 Å². The zero-order valence-electron chi connectivity index (χ0n) is 7.69. The summed E-state index contributed by atoms with van der Waals surface area (Å²) in [6.07, 6.45) is 2.71. The molecular formula is C10H10O4. The lowest BCUT2D eigenvalue weighted by Crippen LogP contribution is -2.04. The summed E-state index contributed by atoms with van der Waals surface area (Å²) >= 11 is 0. The second-order valence-electron chi connectivity index (χ2n) is 2.87. The maximum absolute atomic E-state index is 10.8. The van der Waals surface area contributed by atoms with Crippen LogP contribution in [0, 0.1) is 0 Å². The Kier molecular flexibility index (Phi) is 3.23.